The topological polar surface area (TPSA) is 79.3 Å². The number of hydrogen-bond donors (Lipinski definition) is 1. The van der Waals surface area contributed by atoms with Crippen molar-refractivity contribution in [3.05, 3.63) is 115 Å². The summed E-state index contributed by atoms with van der Waals surface area (Å²) in [6, 6.07) is 19.5. The third-order valence-corrected chi connectivity index (χ3v) is 8.67. The Bertz CT molecular complexity index is 1660. The van der Waals surface area contributed by atoms with Crippen molar-refractivity contribution in [2.75, 3.05) is 4.90 Å². The van der Waals surface area contributed by atoms with Gasteiger partial charge in [-0.05, 0) is 91.3 Å². The highest BCUT2D eigenvalue weighted by Crippen LogP contribution is 2.51. The molecule has 0 saturated carbocycles. The van der Waals surface area contributed by atoms with Crippen molar-refractivity contribution in [3.63, 3.8) is 0 Å². The molecule has 0 radical (unpaired) electrons. The Morgan fingerprint density at radius 1 is 1.05 bits per heavy atom. The summed E-state index contributed by atoms with van der Waals surface area (Å²) in [5.74, 6) is 0.481. The number of carbonyl (C=O) groups excluding carboxylic acids is 1. The first-order valence-electron chi connectivity index (χ1n) is 13.6. The predicted molar refractivity (Wildman–Crippen MR) is 165 cm³/mol. The molecule has 7 heteroatoms. The van der Waals surface area contributed by atoms with Crippen molar-refractivity contribution in [1.29, 1.82) is 5.26 Å². The molecule has 1 unspecified atom stereocenters. The smallest absolute Gasteiger partial charge is 0.162 e. The maximum atomic E-state index is 14.0. The van der Waals surface area contributed by atoms with Gasteiger partial charge in [-0.3, -0.25) is 9.69 Å². The minimum atomic E-state index is -0.579. The van der Waals surface area contributed by atoms with Crippen LogP contribution in [-0.4, -0.2) is 5.78 Å². The first-order valence-corrected chi connectivity index (χ1v) is 14.4. The second kappa shape index (κ2) is 10.9. The largest absolute Gasteiger partial charge is 0.489 e. The Labute approximate surface area is 251 Å². The second-order valence-corrected chi connectivity index (χ2v) is 12.6. The number of hydrogen-bond acceptors (Lipinski definition) is 5. The molecule has 41 heavy (non-hydrogen) atoms. The van der Waals surface area contributed by atoms with Gasteiger partial charge in [-0.25, -0.2) is 0 Å². The number of allylic oxidation sites excluding steroid dienone is 3. The van der Waals surface area contributed by atoms with Gasteiger partial charge >= 0.3 is 0 Å². The summed E-state index contributed by atoms with van der Waals surface area (Å²) >= 11 is 12.6. The first kappa shape index (κ1) is 28.8. The fourth-order valence-corrected chi connectivity index (χ4v) is 6.24. The lowest BCUT2D eigenvalue weighted by Gasteiger charge is -2.44. The zero-order valence-corrected chi connectivity index (χ0v) is 25.5. The van der Waals surface area contributed by atoms with Crippen LogP contribution in [0.2, 0.25) is 10.0 Å². The van der Waals surface area contributed by atoms with Gasteiger partial charge in [0.1, 0.15) is 18.2 Å². The Morgan fingerprint density at radius 3 is 2.41 bits per heavy atom. The van der Waals surface area contributed by atoms with Gasteiger partial charge in [0.15, 0.2) is 5.78 Å². The average Bonchev–Trinajstić information content (AvgIpc) is 2.90. The second-order valence-electron chi connectivity index (χ2n) is 11.8. The van der Waals surface area contributed by atoms with E-state index in [1.54, 1.807) is 12.1 Å². The number of Topliss-reactive ketones (excluding diaryl/α,β-unsaturated/α-hetero) is 1. The number of anilines is 1. The molecule has 1 aliphatic heterocycles. The van der Waals surface area contributed by atoms with E-state index in [1.807, 2.05) is 56.0 Å². The fraction of sp³-hybridized carbons (Fsp3) is 0.294. The molecular weight excluding hydrogens is 553 g/mol. The summed E-state index contributed by atoms with van der Waals surface area (Å²) in [5, 5.41) is 11.8. The SMILES string of the molecule is Cc1cc(COc2ccc(Cl)cc2)c(C)c(C2C(C#N)=C(N)N(c3ccc(C)c(Cl)c3)C3=C2C(=O)CC(C)(C)C3)c1. The summed E-state index contributed by atoms with van der Waals surface area (Å²) in [6.45, 7) is 10.5. The molecule has 0 fully saturated rings. The van der Waals surface area contributed by atoms with Crippen molar-refractivity contribution >= 4 is 34.7 Å². The Kier molecular flexibility index (Phi) is 7.68. The maximum Gasteiger partial charge on any atom is 0.162 e. The van der Waals surface area contributed by atoms with E-state index in [4.69, 9.17) is 33.7 Å². The summed E-state index contributed by atoms with van der Waals surface area (Å²) in [5.41, 5.74) is 13.9. The zero-order chi connectivity index (χ0) is 29.6. The van der Waals surface area contributed by atoms with Crippen LogP contribution in [-0.2, 0) is 11.4 Å². The molecular formula is C34H33Cl2N3O2. The van der Waals surface area contributed by atoms with Crippen LogP contribution in [0.25, 0.3) is 0 Å². The van der Waals surface area contributed by atoms with Crippen LogP contribution >= 0.6 is 23.2 Å². The van der Waals surface area contributed by atoms with Gasteiger partial charge in [-0.1, -0.05) is 60.8 Å². The van der Waals surface area contributed by atoms with Crippen LogP contribution in [0.4, 0.5) is 5.69 Å². The van der Waals surface area contributed by atoms with E-state index >= 15 is 0 Å². The zero-order valence-electron chi connectivity index (χ0n) is 23.9. The molecule has 210 valence electrons. The summed E-state index contributed by atoms with van der Waals surface area (Å²) in [6.07, 6.45) is 1.02. The van der Waals surface area contributed by atoms with Gasteiger partial charge in [0.05, 0.1) is 17.6 Å². The van der Waals surface area contributed by atoms with Crippen LogP contribution in [0, 0.1) is 37.5 Å². The van der Waals surface area contributed by atoms with Crippen LogP contribution in [0.15, 0.2) is 77.3 Å². The quantitative estimate of drug-likeness (QED) is 0.325. The van der Waals surface area contributed by atoms with Crippen LogP contribution in [0.5, 0.6) is 5.75 Å². The van der Waals surface area contributed by atoms with E-state index in [1.165, 1.54) is 0 Å². The first-order chi connectivity index (χ1) is 19.4. The van der Waals surface area contributed by atoms with E-state index in [2.05, 4.69) is 32.0 Å². The number of benzene rings is 3. The van der Waals surface area contributed by atoms with Gasteiger partial charge in [0.2, 0.25) is 0 Å². The van der Waals surface area contributed by atoms with Crippen LogP contribution < -0.4 is 15.4 Å². The summed E-state index contributed by atoms with van der Waals surface area (Å²) in [4.78, 5) is 15.9. The van der Waals surface area contributed by atoms with E-state index in [9.17, 15) is 10.1 Å². The highest BCUT2D eigenvalue weighted by Gasteiger charge is 2.45. The van der Waals surface area contributed by atoms with Gasteiger partial charge in [0.25, 0.3) is 0 Å². The molecule has 3 aromatic carbocycles. The normalized spacial score (nSPS) is 18.3. The highest BCUT2D eigenvalue weighted by atomic mass is 35.5. The Morgan fingerprint density at radius 2 is 1.76 bits per heavy atom. The lowest BCUT2D eigenvalue weighted by atomic mass is 9.68. The van der Waals surface area contributed by atoms with Gasteiger partial charge in [0, 0.05) is 33.4 Å². The monoisotopic (exact) mass is 585 g/mol. The molecule has 0 bridgehead atoms. The van der Waals surface area contributed by atoms with Crippen molar-refractivity contribution in [3.8, 4) is 11.8 Å². The summed E-state index contributed by atoms with van der Waals surface area (Å²) in [7, 11) is 0. The van der Waals surface area contributed by atoms with Crippen molar-refractivity contribution in [2.24, 2.45) is 11.1 Å². The Hall–Kier alpha value is -3.72. The minimum Gasteiger partial charge on any atom is -0.489 e. The van der Waals surface area contributed by atoms with Crippen LogP contribution in [0.1, 0.15) is 60.4 Å². The lowest BCUT2D eigenvalue weighted by molar-refractivity contribution is -0.118. The Balaban J connectivity index is 1.67. The lowest BCUT2D eigenvalue weighted by Crippen LogP contribution is -2.42. The maximum absolute atomic E-state index is 14.0. The number of halogens is 2. The standard InChI is InChI=1S/C34H33Cl2N3O2/c1-19-12-22(18-41-25-10-7-23(35)8-11-25)21(3)26(13-19)31-27(17-37)33(38)39(24-9-6-20(2)28(36)14-24)29-15-34(4,5)16-30(40)32(29)31/h6-14,31H,15-16,18,38H2,1-5H3. The van der Waals surface area contributed by atoms with Gasteiger partial charge < -0.3 is 10.5 Å². The number of ether oxygens (including phenoxy) is 1. The molecule has 0 amide bonds. The number of rotatable bonds is 5. The van der Waals surface area contributed by atoms with Crippen molar-refractivity contribution < 1.29 is 9.53 Å². The number of nitrogens with two attached hydrogens (primary N) is 1. The molecule has 0 spiro atoms. The van der Waals surface area contributed by atoms with E-state index in [-0.39, 0.29) is 11.2 Å². The van der Waals surface area contributed by atoms with E-state index in [0.29, 0.717) is 52.2 Å². The summed E-state index contributed by atoms with van der Waals surface area (Å²) < 4.78 is 6.09. The molecule has 0 aromatic heterocycles. The predicted octanol–water partition coefficient (Wildman–Crippen LogP) is 8.44. The van der Waals surface area contributed by atoms with E-state index < -0.39 is 5.92 Å². The van der Waals surface area contributed by atoms with Crippen molar-refractivity contribution in [1.82, 2.24) is 0 Å². The van der Waals surface area contributed by atoms with Gasteiger partial charge in [-0.2, -0.15) is 5.26 Å². The van der Waals surface area contributed by atoms with Crippen LogP contribution in [0.3, 0.4) is 0 Å². The van der Waals surface area contributed by atoms with E-state index in [0.717, 1.165) is 39.2 Å². The molecule has 2 N–H and O–H groups in total. The molecule has 5 rings (SSSR count). The molecule has 2 aliphatic rings. The molecule has 5 nitrogen and oxygen atoms in total. The highest BCUT2D eigenvalue weighted by molar-refractivity contribution is 6.31. The number of aryl methyl sites for hydroxylation is 2. The fourth-order valence-electron chi connectivity index (χ4n) is 5.94. The molecule has 0 saturated heterocycles. The average molecular weight is 587 g/mol. The minimum absolute atomic E-state index is 0.0320. The molecule has 1 heterocycles. The number of carbonyl (C=O) groups is 1. The van der Waals surface area contributed by atoms with Crippen molar-refractivity contribution in [2.45, 2.75) is 60.0 Å². The molecule has 1 atom stereocenters. The number of nitriles is 1. The third-order valence-electron chi connectivity index (χ3n) is 8.01. The van der Waals surface area contributed by atoms with Gasteiger partial charge in [-0.15, -0.1) is 0 Å². The molecule has 1 aliphatic carbocycles. The number of nitrogens with zero attached hydrogens (tertiary/aromatic N) is 2. The molecule has 3 aromatic rings. The number of ketones is 1. The third kappa shape index (κ3) is 5.47.